The molecule has 32 heavy (non-hydrogen) atoms. The predicted octanol–water partition coefficient (Wildman–Crippen LogP) is 3.35. The van der Waals surface area contributed by atoms with Crippen LogP contribution in [0.3, 0.4) is 0 Å². The molecule has 0 aliphatic heterocycles. The lowest BCUT2D eigenvalue weighted by Crippen LogP contribution is -2.37. The lowest BCUT2D eigenvalue weighted by molar-refractivity contribution is -0.121. The third kappa shape index (κ3) is 5.42. The van der Waals surface area contributed by atoms with Crippen LogP contribution in [0, 0.1) is 18.7 Å². The molecule has 168 valence electrons. The maximum absolute atomic E-state index is 13.1. The van der Waals surface area contributed by atoms with E-state index in [-0.39, 0.29) is 18.3 Å². The van der Waals surface area contributed by atoms with Gasteiger partial charge in [0.05, 0.1) is 25.8 Å². The number of nitrogens with two attached hydrogens (primary N) is 1. The van der Waals surface area contributed by atoms with E-state index in [0.717, 1.165) is 11.1 Å². The van der Waals surface area contributed by atoms with Gasteiger partial charge in [-0.25, -0.2) is 9.37 Å². The number of methoxy groups -OCH3 is 2. The molecule has 3 rings (SSSR count). The highest BCUT2D eigenvalue weighted by Crippen LogP contribution is 2.35. The summed E-state index contributed by atoms with van der Waals surface area (Å²) in [5, 5.41) is 3.43. The van der Waals surface area contributed by atoms with Gasteiger partial charge >= 0.3 is 0 Å². The Kier molecular flexibility index (Phi) is 7.42. The number of rotatable bonds is 9. The van der Waals surface area contributed by atoms with Crippen LogP contribution in [0.1, 0.15) is 20.9 Å². The number of carbonyl (C=O) groups excluding carboxylic acids is 2. The minimum absolute atomic E-state index is 0.0641. The van der Waals surface area contributed by atoms with Crippen molar-refractivity contribution >= 4 is 23.2 Å². The predicted molar refractivity (Wildman–Crippen MR) is 121 cm³/mol. The van der Waals surface area contributed by atoms with Crippen molar-refractivity contribution in [3.63, 3.8) is 0 Å². The smallest absolute Gasteiger partial charge is 0.263 e. The average Bonchev–Trinajstić information content (AvgIpc) is 3.18. The number of benzene rings is 2. The molecule has 0 bridgehead atoms. The number of amides is 2. The number of halogens is 1. The fourth-order valence-corrected chi connectivity index (χ4v) is 4.15. The summed E-state index contributed by atoms with van der Waals surface area (Å²) in [7, 11) is 3.11. The van der Waals surface area contributed by atoms with Crippen LogP contribution in [0.2, 0.25) is 0 Å². The third-order valence-electron chi connectivity index (χ3n) is 4.94. The lowest BCUT2D eigenvalue weighted by atomic mass is 9.98. The Morgan fingerprint density at radius 1 is 1.12 bits per heavy atom. The molecule has 9 heteroatoms. The van der Waals surface area contributed by atoms with Crippen molar-refractivity contribution in [2.24, 2.45) is 11.7 Å². The van der Waals surface area contributed by atoms with Crippen LogP contribution in [0.25, 0.3) is 10.6 Å². The topological polar surface area (TPSA) is 104 Å². The van der Waals surface area contributed by atoms with E-state index in [1.165, 1.54) is 23.5 Å². The van der Waals surface area contributed by atoms with Crippen LogP contribution in [0.15, 0.2) is 42.5 Å². The highest BCUT2D eigenvalue weighted by Gasteiger charge is 2.21. The first-order valence-electron chi connectivity index (χ1n) is 9.84. The van der Waals surface area contributed by atoms with E-state index >= 15 is 0 Å². The molecule has 2 amide bonds. The Balaban J connectivity index is 1.71. The fourth-order valence-electron chi connectivity index (χ4n) is 3.17. The summed E-state index contributed by atoms with van der Waals surface area (Å²) < 4.78 is 23.7. The Morgan fingerprint density at radius 2 is 1.81 bits per heavy atom. The van der Waals surface area contributed by atoms with E-state index in [9.17, 15) is 14.0 Å². The van der Waals surface area contributed by atoms with Gasteiger partial charge < -0.3 is 20.5 Å². The van der Waals surface area contributed by atoms with Gasteiger partial charge in [0.25, 0.3) is 5.91 Å². The molecule has 1 aromatic heterocycles. The van der Waals surface area contributed by atoms with Crippen molar-refractivity contribution in [3.8, 4) is 22.1 Å². The number of carbonyl (C=O) groups is 2. The van der Waals surface area contributed by atoms with Gasteiger partial charge in [-0.15, -0.1) is 11.3 Å². The zero-order valence-corrected chi connectivity index (χ0v) is 18.8. The number of thiazole rings is 1. The van der Waals surface area contributed by atoms with E-state index in [1.54, 1.807) is 45.4 Å². The first-order valence-corrected chi connectivity index (χ1v) is 10.7. The van der Waals surface area contributed by atoms with Crippen molar-refractivity contribution in [2.75, 3.05) is 20.8 Å². The number of aryl methyl sites for hydroxylation is 1. The van der Waals surface area contributed by atoms with E-state index < -0.39 is 11.8 Å². The summed E-state index contributed by atoms with van der Waals surface area (Å²) in [6.07, 6.45) is 0.300. The van der Waals surface area contributed by atoms with Gasteiger partial charge in [-0.3, -0.25) is 9.59 Å². The van der Waals surface area contributed by atoms with E-state index in [0.29, 0.717) is 33.5 Å². The molecule has 2 aromatic carbocycles. The van der Waals surface area contributed by atoms with Crippen molar-refractivity contribution in [3.05, 3.63) is 64.4 Å². The molecule has 0 aliphatic rings. The molecule has 0 aliphatic carbocycles. The molecule has 7 nitrogen and oxygen atoms in total. The third-order valence-corrected chi connectivity index (χ3v) is 6.15. The summed E-state index contributed by atoms with van der Waals surface area (Å²) in [5.74, 6) is -0.694. The lowest BCUT2D eigenvalue weighted by Gasteiger charge is -2.14. The second kappa shape index (κ2) is 10.2. The summed E-state index contributed by atoms with van der Waals surface area (Å²) >= 11 is 1.24. The van der Waals surface area contributed by atoms with Crippen LogP contribution in [0.5, 0.6) is 11.5 Å². The zero-order valence-electron chi connectivity index (χ0n) is 18.0. The minimum atomic E-state index is -0.622. The largest absolute Gasteiger partial charge is 0.493 e. The second-order valence-electron chi connectivity index (χ2n) is 7.14. The Hall–Kier alpha value is -3.46. The SMILES string of the molecule is COc1ccc(-c2nc(C)c(C(=O)NCC(Cc3ccc(F)cc3)C(N)=O)s2)cc1OC. The van der Waals surface area contributed by atoms with E-state index in [2.05, 4.69) is 10.3 Å². The summed E-state index contributed by atoms with van der Waals surface area (Å²) in [6.45, 7) is 1.81. The van der Waals surface area contributed by atoms with Gasteiger partial charge in [-0.1, -0.05) is 12.1 Å². The molecule has 0 spiro atoms. The van der Waals surface area contributed by atoms with Gasteiger partial charge in [0.1, 0.15) is 15.7 Å². The molecular formula is C23H24FN3O4S. The standard InChI is InChI=1S/C23H24FN3O4S/c1-13-20(32-23(27-13)15-6-9-18(30-2)19(11-15)31-3)22(29)26-12-16(21(25)28)10-14-4-7-17(24)8-5-14/h4-9,11,16H,10,12H2,1-3H3,(H2,25,28)(H,26,29). The quantitative estimate of drug-likeness (QED) is 0.513. The number of nitrogens with one attached hydrogen (secondary N) is 1. The maximum atomic E-state index is 13.1. The molecule has 1 atom stereocenters. The van der Waals surface area contributed by atoms with E-state index in [4.69, 9.17) is 15.2 Å². The van der Waals surface area contributed by atoms with Crippen molar-refractivity contribution in [1.29, 1.82) is 0 Å². The number of ether oxygens (including phenoxy) is 2. The van der Waals surface area contributed by atoms with Crippen LogP contribution in [0.4, 0.5) is 4.39 Å². The normalized spacial score (nSPS) is 11.6. The molecule has 1 unspecified atom stereocenters. The Bertz CT molecular complexity index is 1110. The molecule has 0 saturated carbocycles. The molecule has 0 saturated heterocycles. The summed E-state index contributed by atoms with van der Waals surface area (Å²) in [6, 6.07) is 11.2. The number of nitrogens with zero attached hydrogens (tertiary/aromatic N) is 1. The Morgan fingerprint density at radius 3 is 2.44 bits per heavy atom. The number of hydrogen-bond acceptors (Lipinski definition) is 6. The highest BCUT2D eigenvalue weighted by atomic mass is 32.1. The van der Waals surface area contributed by atoms with Gasteiger partial charge in [-0.05, 0) is 49.2 Å². The fraction of sp³-hybridized carbons (Fsp3) is 0.261. The molecular weight excluding hydrogens is 433 g/mol. The summed E-state index contributed by atoms with van der Waals surface area (Å²) in [4.78, 5) is 29.6. The monoisotopic (exact) mass is 457 g/mol. The van der Waals surface area contributed by atoms with Gasteiger partial charge in [0, 0.05) is 12.1 Å². The molecule has 0 fully saturated rings. The Labute approximate surface area is 189 Å². The van der Waals surface area contributed by atoms with Gasteiger partial charge in [0.2, 0.25) is 5.91 Å². The van der Waals surface area contributed by atoms with Crippen molar-refractivity contribution in [2.45, 2.75) is 13.3 Å². The number of hydrogen-bond donors (Lipinski definition) is 2. The van der Waals surface area contributed by atoms with Crippen LogP contribution >= 0.6 is 11.3 Å². The van der Waals surface area contributed by atoms with Gasteiger partial charge in [0.15, 0.2) is 11.5 Å². The molecule has 1 heterocycles. The van der Waals surface area contributed by atoms with Crippen molar-refractivity contribution in [1.82, 2.24) is 10.3 Å². The van der Waals surface area contributed by atoms with Crippen LogP contribution in [-0.2, 0) is 11.2 Å². The molecule has 3 N–H and O–H groups in total. The first-order chi connectivity index (χ1) is 15.3. The van der Waals surface area contributed by atoms with Crippen molar-refractivity contribution < 1.29 is 23.5 Å². The van der Waals surface area contributed by atoms with E-state index in [1.807, 2.05) is 6.07 Å². The number of primary amides is 1. The average molecular weight is 458 g/mol. The minimum Gasteiger partial charge on any atom is -0.493 e. The summed E-state index contributed by atoms with van der Waals surface area (Å²) in [5.41, 5.74) is 7.63. The van der Waals surface area contributed by atoms with Crippen LogP contribution in [-0.4, -0.2) is 37.6 Å². The number of aromatic nitrogens is 1. The zero-order chi connectivity index (χ0) is 23.3. The van der Waals surface area contributed by atoms with Crippen LogP contribution < -0.4 is 20.5 Å². The molecule has 3 aromatic rings. The highest BCUT2D eigenvalue weighted by molar-refractivity contribution is 7.17. The second-order valence-corrected chi connectivity index (χ2v) is 8.14. The maximum Gasteiger partial charge on any atom is 0.263 e. The van der Waals surface area contributed by atoms with Gasteiger partial charge in [-0.2, -0.15) is 0 Å². The first kappa shape index (κ1) is 23.2. The molecule has 0 radical (unpaired) electrons.